The molecule has 0 spiro atoms. The van der Waals surface area contributed by atoms with E-state index in [4.69, 9.17) is 4.74 Å². The van der Waals surface area contributed by atoms with Crippen LogP contribution in [0, 0.1) is 0 Å². The second kappa shape index (κ2) is 6.09. The van der Waals surface area contributed by atoms with Crippen LogP contribution in [0.15, 0.2) is 0 Å². The van der Waals surface area contributed by atoms with Gasteiger partial charge < -0.3 is 20.5 Å². The van der Waals surface area contributed by atoms with Crippen LogP contribution in [0.1, 0.15) is 53.9 Å². The lowest BCUT2D eigenvalue weighted by atomic mass is 9.86. The average Bonchev–Trinajstić information content (AvgIpc) is 2.18. The standard InChI is InChI=1S/C14H28N2O3/c1-6-14(5,18)9-15-10-7-11(8-10)16-12(17)19-13(2,3)4/h10-11,15,18H,6-9H2,1-5H3,(H,16,17). The molecule has 0 aliphatic heterocycles. The lowest BCUT2D eigenvalue weighted by molar-refractivity contribution is 0.0388. The molecule has 1 unspecified atom stereocenters. The van der Waals surface area contributed by atoms with Crippen molar-refractivity contribution in [3.05, 3.63) is 0 Å². The molecule has 0 heterocycles. The number of hydrogen-bond donors (Lipinski definition) is 3. The first-order valence-electron chi connectivity index (χ1n) is 7.06. The molecular weight excluding hydrogens is 244 g/mol. The average molecular weight is 272 g/mol. The van der Waals surface area contributed by atoms with Crippen molar-refractivity contribution in [1.82, 2.24) is 10.6 Å². The molecule has 0 aromatic rings. The molecule has 1 rings (SSSR count). The summed E-state index contributed by atoms with van der Waals surface area (Å²) in [6.45, 7) is 9.94. The van der Waals surface area contributed by atoms with Crippen molar-refractivity contribution < 1.29 is 14.6 Å². The molecule has 1 amide bonds. The second-order valence-electron chi connectivity index (χ2n) is 6.74. The van der Waals surface area contributed by atoms with E-state index in [1.165, 1.54) is 0 Å². The van der Waals surface area contributed by atoms with Crippen LogP contribution in [0.25, 0.3) is 0 Å². The summed E-state index contributed by atoms with van der Waals surface area (Å²) in [6, 6.07) is 0.553. The van der Waals surface area contributed by atoms with Gasteiger partial charge in [0.05, 0.1) is 5.60 Å². The number of aliphatic hydroxyl groups is 1. The molecular formula is C14H28N2O3. The summed E-state index contributed by atoms with van der Waals surface area (Å²) < 4.78 is 5.20. The first kappa shape index (κ1) is 16.2. The van der Waals surface area contributed by atoms with Crippen molar-refractivity contribution in [3.63, 3.8) is 0 Å². The minimum absolute atomic E-state index is 0.180. The Labute approximate surface area is 116 Å². The van der Waals surface area contributed by atoms with E-state index in [2.05, 4.69) is 10.6 Å². The number of amides is 1. The predicted octanol–water partition coefficient (Wildman–Crippen LogP) is 1.79. The van der Waals surface area contributed by atoms with Crippen LogP contribution in [-0.4, -0.2) is 41.0 Å². The molecule has 0 bridgehead atoms. The van der Waals surface area contributed by atoms with Crippen molar-refractivity contribution >= 4 is 6.09 Å². The van der Waals surface area contributed by atoms with Gasteiger partial charge in [0, 0.05) is 18.6 Å². The summed E-state index contributed by atoms with van der Waals surface area (Å²) >= 11 is 0. The molecule has 1 aliphatic carbocycles. The third kappa shape index (κ3) is 6.25. The maximum atomic E-state index is 11.5. The second-order valence-corrected chi connectivity index (χ2v) is 6.74. The summed E-state index contributed by atoms with van der Waals surface area (Å²) in [6.07, 6.45) is 2.15. The minimum Gasteiger partial charge on any atom is -0.444 e. The number of nitrogens with one attached hydrogen (secondary N) is 2. The van der Waals surface area contributed by atoms with E-state index in [-0.39, 0.29) is 12.1 Å². The third-order valence-electron chi connectivity index (χ3n) is 3.39. The molecule has 112 valence electrons. The van der Waals surface area contributed by atoms with Crippen LogP contribution in [0.2, 0.25) is 0 Å². The summed E-state index contributed by atoms with van der Waals surface area (Å²) in [5, 5.41) is 16.0. The Morgan fingerprint density at radius 3 is 2.32 bits per heavy atom. The molecule has 1 saturated carbocycles. The maximum Gasteiger partial charge on any atom is 0.407 e. The fourth-order valence-electron chi connectivity index (χ4n) is 1.87. The number of alkyl carbamates (subject to hydrolysis) is 1. The zero-order valence-corrected chi connectivity index (χ0v) is 12.7. The van der Waals surface area contributed by atoms with Gasteiger partial charge in [-0.3, -0.25) is 0 Å². The van der Waals surface area contributed by atoms with E-state index in [0.29, 0.717) is 12.6 Å². The number of carbonyl (C=O) groups is 1. The normalized spacial score (nSPS) is 26.2. The SMILES string of the molecule is CCC(C)(O)CNC1CC(NC(=O)OC(C)(C)C)C1. The Balaban J connectivity index is 2.15. The minimum atomic E-state index is -0.649. The quantitative estimate of drug-likeness (QED) is 0.713. The number of rotatable bonds is 5. The summed E-state index contributed by atoms with van der Waals surface area (Å²) in [4.78, 5) is 11.5. The van der Waals surface area contributed by atoms with Crippen molar-refractivity contribution in [2.45, 2.75) is 77.2 Å². The zero-order valence-electron chi connectivity index (χ0n) is 12.7. The molecule has 0 radical (unpaired) electrons. The lowest BCUT2D eigenvalue weighted by Crippen LogP contribution is -2.55. The molecule has 0 aromatic heterocycles. The zero-order chi connectivity index (χ0) is 14.7. The number of hydrogen-bond acceptors (Lipinski definition) is 4. The van der Waals surface area contributed by atoms with Crippen LogP contribution in [0.5, 0.6) is 0 Å². The summed E-state index contributed by atoms with van der Waals surface area (Å²) in [5.41, 5.74) is -1.10. The Bertz CT molecular complexity index is 304. The third-order valence-corrected chi connectivity index (χ3v) is 3.39. The summed E-state index contributed by atoms with van der Waals surface area (Å²) in [7, 11) is 0. The van der Waals surface area contributed by atoms with Crippen molar-refractivity contribution in [3.8, 4) is 0 Å². The fraction of sp³-hybridized carbons (Fsp3) is 0.929. The Morgan fingerprint density at radius 2 is 1.84 bits per heavy atom. The van der Waals surface area contributed by atoms with Gasteiger partial charge in [0.1, 0.15) is 5.60 Å². The Morgan fingerprint density at radius 1 is 1.26 bits per heavy atom. The van der Waals surface area contributed by atoms with Gasteiger partial charge in [-0.1, -0.05) is 6.92 Å². The van der Waals surface area contributed by atoms with Gasteiger partial charge in [-0.05, 0) is 47.0 Å². The van der Waals surface area contributed by atoms with Crippen LogP contribution in [0.4, 0.5) is 4.79 Å². The molecule has 1 fully saturated rings. The van der Waals surface area contributed by atoms with Crippen molar-refractivity contribution in [2.24, 2.45) is 0 Å². The molecule has 1 aliphatic rings. The van der Waals surface area contributed by atoms with Gasteiger partial charge in [0.2, 0.25) is 0 Å². The fourth-order valence-corrected chi connectivity index (χ4v) is 1.87. The molecule has 0 saturated heterocycles. The van der Waals surface area contributed by atoms with Crippen LogP contribution >= 0.6 is 0 Å². The lowest BCUT2D eigenvalue weighted by Gasteiger charge is -2.38. The highest BCUT2D eigenvalue weighted by atomic mass is 16.6. The van der Waals surface area contributed by atoms with Gasteiger partial charge in [-0.2, -0.15) is 0 Å². The highest BCUT2D eigenvalue weighted by Crippen LogP contribution is 2.21. The van der Waals surface area contributed by atoms with E-state index in [1.807, 2.05) is 34.6 Å². The molecule has 5 heteroatoms. The van der Waals surface area contributed by atoms with E-state index >= 15 is 0 Å². The molecule has 3 N–H and O–H groups in total. The van der Waals surface area contributed by atoms with E-state index < -0.39 is 11.2 Å². The van der Waals surface area contributed by atoms with Crippen molar-refractivity contribution in [2.75, 3.05) is 6.54 Å². The number of ether oxygens (including phenoxy) is 1. The van der Waals surface area contributed by atoms with Gasteiger partial charge in [0.15, 0.2) is 0 Å². The monoisotopic (exact) mass is 272 g/mol. The van der Waals surface area contributed by atoms with E-state index in [0.717, 1.165) is 19.3 Å². The smallest absolute Gasteiger partial charge is 0.407 e. The maximum absolute atomic E-state index is 11.5. The first-order chi connectivity index (χ1) is 8.61. The van der Waals surface area contributed by atoms with Crippen LogP contribution in [0.3, 0.4) is 0 Å². The van der Waals surface area contributed by atoms with Crippen molar-refractivity contribution in [1.29, 1.82) is 0 Å². The van der Waals surface area contributed by atoms with Gasteiger partial charge in [0.25, 0.3) is 0 Å². The van der Waals surface area contributed by atoms with Gasteiger partial charge in [-0.15, -0.1) is 0 Å². The largest absolute Gasteiger partial charge is 0.444 e. The van der Waals surface area contributed by atoms with E-state index in [1.54, 1.807) is 0 Å². The van der Waals surface area contributed by atoms with Gasteiger partial charge in [-0.25, -0.2) is 4.79 Å². The summed E-state index contributed by atoms with van der Waals surface area (Å²) in [5.74, 6) is 0. The predicted molar refractivity (Wildman–Crippen MR) is 75.1 cm³/mol. The van der Waals surface area contributed by atoms with Crippen LogP contribution < -0.4 is 10.6 Å². The topological polar surface area (TPSA) is 70.6 Å². The first-order valence-corrected chi connectivity index (χ1v) is 7.06. The molecule has 1 atom stereocenters. The van der Waals surface area contributed by atoms with E-state index in [9.17, 15) is 9.90 Å². The Kier molecular flexibility index (Phi) is 5.21. The molecule has 5 nitrogen and oxygen atoms in total. The molecule has 19 heavy (non-hydrogen) atoms. The highest BCUT2D eigenvalue weighted by molar-refractivity contribution is 5.68. The highest BCUT2D eigenvalue weighted by Gasteiger charge is 2.32. The number of carbonyl (C=O) groups excluding carboxylic acids is 1. The molecule has 0 aromatic carbocycles. The van der Waals surface area contributed by atoms with Crippen LogP contribution in [-0.2, 0) is 4.74 Å². The van der Waals surface area contributed by atoms with Gasteiger partial charge >= 0.3 is 6.09 Å². The Hall–Kier alpha value is -0.810.